The Balaban J connectivity index is 1.05. The van der Waals surface area contributed by atoms with Crippen LogP contribution in [0, 0.1) is 11.8 Å². The Morgan fingerprint density at radius 2 is 1.65 bits per heavy atom. The predicted molar refractivity (Wildman–Crippen MR) is 237 cm³/mol. The third-order valence-corrected chi connectivity index (χ3v) is 13.1. The first-order valence-electron chi connectivity index (χ1n) is 22.0. The van der Waals surface area contributed by atoms with E-state index in [0.29, 0.717) is 37.6 Å². The molecule has 16 heteroatoms. The van der Waals surface area contributed by atoms with Gasteiger partial charge in [-0.2, -0.15) is 0 Å². The lowest BCUT2D eigenvalue weighted by Gasteiger charge is -2.34. The molecule has 8 rings (SSSR count). The van der Waals surface area contributed by atoms with Gasteiger partial charge in [-0.15, -0.1) is 0 Å². The minimum absolute atomic E-state index is 0.0309. The topological polar surface area (TPSA) is 193 Å². The van der Waals surface area contributed by atoms with Crippen molar-refractivity contribution in [2.75, 3.05) is 27.9 Å². The molecule has 4 N–H and O–H groups in total. The highest BCUT2D eigenvalue weighted by Crippen LogP contribution is 2.44. The number of carbonyl (C=O) groups excluding carboxylic acids is 4. The van der Waals surface area contributed by atoms with E-state index in [9.17, 15) is 19.2 Å². The lowest BCUT2D eigenvalue weighted by atomic mass is 9.92. The van der Waals surface area contributed by atoms with Gasteiger partial charge in [0, 0.05) is 30.6 Å². The molecular formula is C47H58N8O8. The second-order valence-corrected chi connectivity index (χ2v) is 17.4. The fourth-order valence-corrected chi connectivity index (χ4v) is 9.79. The molecule has 0 unspecified atom stereocenters. The maximum Gasteiger partial charge on any atom is 0.407 e. The number of hydrogen-bond donors (Lipinski definition) is 4. The van der Waals surface area contributed by atoms with Crippen LogP contribution in [0.4, 0.5) is 9.59 Å². The summed E-state index contributed by atoms with van der Waals surface area (Å²) in [7, 11) is 4.11. The van der Waals surface area contributed by atoms with Crippen LogP contribution in [-0.2, 0) is 30.4 Å². The van der Waals surface area contributed by atoms with Crippen LogP contribution in [-0.4, -0.2) is 106 Å². The maximum absolute atomic E-state index is 14.1. The van der Waals surface area contributed by atoms with E-state index in [1.165, 1.54) is 21.3 Å². The van der Waals surface area contributed by atoms with Crippen molar-refractivity contribution in [3.05, 3.63) is 65.9 Å². The number of rotatable bonds is 12. The van der Waals surface area contributed by atoms with Gasteiger partial charge in [-0.25, -0.2) is 19.6 Å². The molecule has 2 saturated heterocycles. The molecule has 3 aromatic carbocycles. The molecule has 4 amide bonds. The number of methoxy groups -OCH3 is 3. The third-order valence-electron chi connectivity index (χ3n) is 13.1. The van der Waals surface area contributed by atoms with Gasteiger partial charge in [0.05, 0.1) is 55.3 Å². The summed E-state index contributed by atoms with van der Waals surface area (Å²) in [5.41, 5.74) is 6.53. The number of alkyl carbamates (subject to hydrolysis) is 2. The molecule has 3 aliphatic rings. The van der Waals surface area contributed by atoms with Crippen molar-refractivity contribution >= 4 is 45.8 Å². The number of likely N-dealkylation sites (tertiary alicyclic amines) is 2. The summed E-state index contributed by atoms with van der Waals surface area (Å²) in [6.45, 7) is 10.8. The van der Waals surface area contributed by atoms with Crippen molar-refractivity contribution in [3.63, 3.8) is 0 Å². The number of fused-ring (bicyclic) bond motifs is 6. The molecule has 0 saturated carbocycles. The Morgan fingerprint density at radius 1 is 0.889 bits per heavy atom. The zero-order valence-corrected chi connectivity index (χ0v) is 37.2. The first kappa shape index (κ1) is 43.5. The Hall–Kier alpha value is -6.16. The summed E-state index contributed by atoms with van der Waals surface area (Å²) >= 11 is 0. The van der Waals surface area contributed by atoms with Gasteiger partial charge in [0.25, 0.3) is 0 Å². The van der Waals surface area contributed by atoms with Crippen LogP contribution >= 0.6 is 0 Å². The van der Waals surface area contributed by atoms with Crippen molar-refractivity contribution in [2.24, 2.45) is 11.8 Å². The van der Waals surface area contributed by atoms with Gasteiger partial charge in [0.2, 0.25) is 11.8 Å². The van der Waals surface area contributed by atoms with E-state index in [4.69, 9.17) is 28.9 Å². The van der Waals surface area contributed by atoms with Crippen LogP contribution in [0.25, 0.3) is 44.2 Å². The second-order valence-electron chi connectivity index (χ2n) is 17.4. The Bertz CT molecular complexity index is 2530. The molecule has 0 aliphatic carbocycles. The number of nitrogens with one attached hydrogen (secondary N) is 4. The number of ether oxygens (including phenoxy) is 4. The van der Waals surface area contributed by atoms with E-state index in [1.54, 1.807) is 4.90 Å². The van der Waals surface area contributed by atoms with Crippen LogP contribution in [0.5, 0.6) is 5.75 Å². The van der Waals surface area contributed by atoms with Gasteiger partial charge in [-0.05, 0) is 90.3 Å². The molecule has 2 aromatic heterocycles. The van der Waals surface area contributed by atoms with Crippen LogP contribution in [0.3, 0.4) is 0 Å². The third kappa shape index (κ3) is 8.16. The highest BCUT2D eigenvalue weighted by Gasteiger charge is 2.43. The number of amides is 4. The lowest BCUT2D eigenvalue weighted by molar-refractivity contribution is -0.138. The molecular weight excluding hydrogens is 805 g/mol. The first-order chi connectivity index (χ1) is 30.4. The van der Waals surface area contributed by atoms with Gasteiger partial charge in [-0.3, -0.25) is 9.59 Å². The van der Waals surface area contributed by atoms with E-state index in [2.05, 4.69) is 70.8 Å². The van der Waals surface area contributed by atoms with Crippen LogP contribution < -0.4 is 15.4 Å². The highest BCUT2D eigenvalue weighted by molar-refractivity contribution is 6.07. The average Bonchev–Trinajstić information content (AvgIpc) is 4.12. The van der Waals surface area contributed by atoms with Crippen LogP contribution in [0.1, 0.15) is 96.0 Å². The molecule has 63 heavy (non-hydrogen) atoms. The smallest absolute Gasteiger partial charge is 0.407 e. The number of hydrogen-bond acceptors (Lipinski definition) is 10. The van der Waals surface area contributed by atoms with Gasteiger partial charge in [0.15, 0.2) is 0 Å². The number of aromatic nitrogens is 4. The largest absolute Gasteiger partial charge is 0.488 e. The van der Waals surface area contributed by atoms with Gasteiger partial charge in [-0.1, -0.05) is 52.8 Å². The number of H-pyrrole nitrogens is 2. The average molecular weight is 863 g/mol. The molecule has 0 bridgehead atoms. The molecule has 2 fully saturated rings. The van der Waals surface area contributed by atoms with Gasteiger partial charge in [0.1, 0.15) is 36.1 Å². The van der Waals surface area contributed by atoms with E-state index < -0.39 is 30.4 Å². The van der Waals surface area contributed by atoms with E-state index >= 15 is 0 Å². The normalized spacial score (nSPS) is 20.8. The summed E-state index contributed by atoms with van der Waals surface area (Å²) in [4.78, 5) is 73.3. The fraction of sp³-hybridized carbons (Fsp3) is 0.489. The zero-order chi connectivity index (χ0) is 44.7. The Kier molecular flexibility index (Phi) is 12.4. The number of benzene rings is 3. The van der Waals surface area contributed by atoms with E-state index in [1.807, 2.05) is 37.9 Å². The maximum atomic E-state index is 14.1. The predicted octanol–water partition coefficient (Wildman–Crippen LogP) is 7.55. The Labute approximate surface area is 366 Å². The van der Waals surface area contributed by atoms with Crippen molar-refractivity contribution in [1.29, 1.82) is 0 Å². The van der Waals surface area contributed by atoms with Gasteiger partial charge >= 0.3 is 12.2 Å². The quantitative estimate of drug-likeness (QED) is 0.0974. The Morgan fingerprint density at radius 3 is 2.35 bits per heavy atom. The number of carbonyl (C=O) groups is 4. The van der Waals surface area contributed by atoms with Crippen LogP contribution in [0.15, 0.2) is 48.7 Å². The summed E-state index contributed by atoms with van der Waals surface area (Å²) in [5, 5.41) is 7.39. The minimum Gasteiger partial charge on any atom is -0.488 e. The lowest BCUT2D eigenvalue weighted by Crippen LogP contribution is -2.54. The number of aromatic amines is 2. The standard InChI is InChI=1S/C47H58N8O8/c1-9-29-13-16-35(55(29)45(57)39(24(3)4)52-46(58)61-7)42-48-21-34(50-42)27-11-14-30-28(18-27)23-63-38-20-31-26(19-32(30)38)12-15-33-40(31)51-43(49-33)36-17-25(5)22-54(36)44(56)41(37(10-2)60-6)53-47(59)62-8/h11-12,14-15,18-21,24-25,29,35-37,39,41H,9-10,13,16-17,22-23H2,1-8H3,(H,48,50)(H,49,51)(H,52,58)(H,53,59)/t25-,29-,35-,36-,37+,39-,41-/m0/s1. The summed E-state index contributed by atoms with van der Waals surface area (Å²) in [5.74, 6) is 1.86. The fourth-order valence-electron chi connectivity index (χ4n) is 9.79. The monoisotopic (exact) mass is 862 g/mol. The minimum atomic E-state index is -0.916. The summed E-state index contributed by atoms with van der Waals surface area (Å²) in [6.07, 6.45) is 3.60. The van der Waals surface area contributed by atoms with E-state index in [0.717, 1.165) is 74.8 Å². The van der Waals surface area contributed by atoms with Crippen molar-refractivity contribution in [2.45, 2.75) is 110 Å². The molecule has 0 radical (unpaired) electrons. The molecule has 5 aromatic rings. The highest BCUT2D eigenvalue weighted by atomic mass is 16.5. The molecule has 0 spiro atoms. The van der Waals surface area contributed by atoms with Crippen molar-refractivity contribution < 1.29 is 38.1 Å². The summed E-state index contributed by atoms with van der Waals surface area (Å²) in [6, 6.07) is 12.4. The van der Waals surface area contributed by atoms with Gasteiger partial charge < -0.3 is 49.3 Å². The molecule has 3 aliphatic heterocycles. The van der Waals surface area contributed by atoms with Crippen molar-refractivity contribution in [3.8, 4) is 28.1 Å². The molecule has 5 heterocycles. The first-order valence-corrected chi connectivity index (χ1v) is 22.0. The number of imidazole rings is 2. The second kappa shape index (κ2) is 17.9. The molecule has 334 valence electrons. The zero-order valence-electron chi connectivity index (χ0n) is 37.2. The molecule has 16 nitrogen and oxygen atoms in total. The summed E-state index contributed by atoms with van der Waals surface area (Å²) < 4.78 is 21.8. The van der Waals surface area contributed by atoms with E-state index in [-0.39, 0.29) is 41.8 Å². The van der Waals surface area contributed by atoms with Crippen molar-refractivity contribution in [1.82, 2.24) is 40.4 Å². The molecule has 7 atom stereocenters. The SMILES string of the molecule is CC[C@H]1CC[C@@H](c2ncc(-c3ccc4c(c3)COc3cc5c(ccc6[nH]c([C@@H]7C[C@H](C)CN7C(=O)[C@@H](NC(=O)OC)[C@@H](CC)OC)nc65)cc3-4)[nH]2)N1C(=O)[C@@H](NC(=O)OC)C(C)C. The van der Waals surface area contributed by atoms with Crippen LogP contribution in [0.2, 0.25) is 0 Å². The number of nitrogens with zero attached hydrogens (tertiary/aromatic N) is 4.